The van der Waals surface area contributed by atoms with Crippen LogP contribution in [0, 0.1) is 13.8 Å². The highest BCUT2D eigenvalue weighted by molar-refractivity contribution is 5.81. The fraction of sp³-hybridized carbons (Fsp3) is 0.389. The lowest BCUT2D eigenvalue weighted by atomic mass is 10.0. The molecule has 1 amide bonds. The summed E-state index contributed by atoms with van der Waals surface area (Å²) in [5.74, 6) is 0.633. The molecule has 0 saturated heterocycles. The van der Waals surface area contributed by atoms with E-state index in [9.17, 15) is 9.59 Å². The summed E-state index contributed by atoms with van der Waals surface area (Å²) < 4.78 is 7.33. The van der Waals surface area contributed by atoms with Crippen molar-refractivity contribution in [2.75, 3.05) is 6.54 Å². The number of hydrogen-bond donors (Lipinski definition) is 1. The van der Waals surface area contributed by atoms with Crippen LogP contribution in [0.4, 0.5) is 0 Å². The monoisotopic (exact) mass is 327 g/mol. The average Bonchev–Trinajstić information content (AvgIpc) is 2.56. The van der Waals surface area contributed by atoms with E-state index in [4.69, 9.17) is 4.74 Å². The van der Waals surface area contributed by atoms with Crippen molar-refractivity contribution in [3.63, 3.8) is 0 Å². The minimum absolute atomic E-state index is 0.143. The van der Waals surface area contributed by atoms with Gasteiger partial charge in [0.05, 0.1) is 0 Å². The zero-order valence-electron chi connectivity index (χ0n) is 13.9. The van der Waals surface area contributed by atoms with Gasteiger partial charge in [-0.2, -0.15) is 4.98 Å². The Kier molecular flexibility index (Phi) is 4.64. The third-order valence-electron chi connectivity index (χ3n) is 4.19. The maximum absolute atomic E-state index is 12.3. The Morgan fingerprint density at radius 1 is 1.38 bits per heavy atom. The van der Waals surface area contributed by atoms with E-state index >= 15 is 0 Å². The second kappa shape index (κ2) is 6.86. The van der Waals surface area contributed by atoms with Gasteiger partial charge in [0.1, 0.15) is 5.75 Å². The summed E-state index contributed by atoms with van der Waals surface area (Å²) in [5, 5.41) is 2.85. The SMILES string of the molecule is Cc1cc(C)n(CCNC(=O)[C@H]2CCc3ccccc3O2)c(=O)n1. The van der Waals surface area contributed by atoms with Gasteiger partial charge in [-0.3, -0.25) is 9.36 Å². The summed E-state index contributed by atoms with van der Waals surface area (Å²) in [6.45, 7) is 4.41. The molecule has 0 fully saturated rings. The van der Waals surface area contributed by atoms with Gasteiger partial charge in [0.25, 0.3) is 5.91 Å². The largest absolute Gasteiger partial charge is 0.480 e. The van der Waals surface area contributed by atoms with E-state index in [0.29, 0.717) is 25.2 Å². The molecule has 2 heterocycles. The van der Waals surface area contributed by atoms with E-state index in [1.54, 1.807) is 11.5 Å². The molecule has 1 aromatic heterocycles. The number of hydrogen-bond acceptors (Lipinski definition) is 4. The molecule has 1 aliphatic rings. The molecular formula is C18H21N3O3. The second-order valence-corrected chi connectivity index (χ2v) is 6.02. The molecule has 1 N–H and O–H groups in total. The fourth-order valence-corrected chi connectivity index (χ4v) is 2.96. The number of ether oxygens (including phenoxy) is 1. The smallest absolute Gasteiger partial charge is 0.348 e. The van der Waals surface area contributed by atoms with Gasteiger partial charge in [-0.05, 0) is 44.4 Å². The first-order valence-electron chi connectivity index (χ1n) is 8.12. The van der Waals surface area contributed by atoms with Crippen LogP contribution in [0.25, 0.3) is 0 Å². The number of carbonyl (C=O) groups excluding carboxylic acids is 1. The van der Waals surface area contributed by atoms with Crippen molar-refractivity contribution < 1.29 is 9.53 Å². The van der Waals surface area contributed by atoms with Gasteiger partial charge < -0.3 is 10.1 Å². The lowest BCUT2D eigenvalue weighted by molar-refractivity contribution is -0.128. The van der Waals surface area contributed by atoms with Crippen molar-refractivity contribution in [2.45, 2.75) is 39.3 Å². The van der Waals surface area contributed by atoms with Crippen LogP contribution in [0.1, 0.15) is 23.4 Å². The van der Waals surface area contributed by atoms with Gasteiger partial charge in [0, 0.05) is 24.5 Å². The Morgan fingerprint density at radius 3 is 2.96 bits per heavy atom. The Morgan fingerprint density at radius 2 is 2.17 bits per heavy atom. The first-order chi connectivity index (χ1) is 11.5. The molecule has 6 nitrogen and oxygen atoms in total. The van der Waals surface area contributed by atoms with Gasteiger partial charge in [-0.15, -0.1) is 0 Å². The zero-order valence-corrected chi connectivity index (χ0v) is 13.9. The van der Waals surface area contributed by atoms with Crippen LogP contribution in [0.2, 0.25) is 0 Å². The fourth-order valence-electron chi connectivity index (χ4n) is 2.96. The minimum atomic E-state index is -0.478. The second-order valence-electron chi connectivity index (χ2n) is 6.02. The number of amides is 1. The quantitative estimate of drug-likeness (QED) is 0.920. The zero-order chi connectivity index (χ0) is 17.1. The molecule has 3 rings (SSSR count). The highest BCUT2D eigenvalue weighted by atomic mass is 16.5. The van der Waals surface area contributed by atoms with Crippen molar-refractivity contribution in [3.05, 3.63) is 57.8 Å². The third-order valence-corrected chi connectivity index (χ3v) is 4.19. The Bertz CT molecular complexity index is 813. The van der Waals surface area contributed by atoms with Crippen LogP contribution in [0.5, 0.6) is 5.75 Å². The predicted octanol–water partition coefficient (Wildman–Crippen LogP) is 1.37. The number of para-hydroxylation sites is 1. The molecule has 0 saturated carbocycles. The van der Waals surface area contributed by atoms with Gasteiger partial charge >= 0.3 is 5.69 Å². The molecule has 126 valence electrons. The van der Waals surface area contributed by atoms with E-state index < -0.39 is 6.10 Å². The molecule has 0 unspecified atom stereocenters. The molecule has 1 aliphatic heterocycles. The lowest BCUT2D eigenvalue weighted by Gasteiger charge is -2.25. The molecule has 1 aromatic carbocycles. The van der Waals surface area contributed by atoms with Crippen molar-refractivity contribution in [1.82, 2.24) is 14.9 Å². The molecule has 0 spiro atoms. The molecule has 0 radical (unpaired) electrons. The lowest BCUT2D eigenvalue weighted by Crippen LogP contribution is -2.42. The van der Waals surface area contributed by atoms with Crippen LogP contribution in [-0.2, 0) is 17.8 Å². The van der Waals surface area contributed by atoms with E-state index in [1.165, 1.54) is 0 Å². The van der Waals surface area contributed by atoms with Crippen molar-refractivity contribution in [1.29, 1.82) is 0 Å². The van der Waals surface area contributed by atoms with E-state index in [2.05, 4.69) is 10.3 Å². The number of aryl methyl sites for hydroxylation is 3. The molecular weight excluding hydrogens is 306 g/mol. The topological polar surface area (TPSA) is 73.2 Å². The first-order valence-corrected chi connectivity index (χ1v) is 8.12. The van der Waals surface area contributed by atoms with Crippen LogP contribution >= 0.6 is 0 Å². The molecule has 0 aliphatic carbocycles. The van der Waals surface area contributed by atoms with Crippen LogP contribution in [0.3, 0.4) is 0 Å². The molecule has 24 heavy (non-hydrogen) atoms. The summed E-state index contributed by atoms with van der Waals surface area (Å²) in [4.78, 5) is 28.1. The highest BCUT2D eigenvalue weighted by Crippen LogP contribution is 2.26. The number of fused-ring (bicyclic) bond motifs is 1. The van der Waals surface area contributed by atoms with Gasteiger partial charge in [-0.1, -0.05) is 18.2 Å². The summed E-state index contributed by atoms with van der Waals surface area (Å²) in [7, 11) is 0. The van der Waals surface area contributed by atoms with Crippen LogP contribution < -0.4 is 15.7 Å². The van der Waals surface area contributed by atoms with Gasteiger partial charge in [0.2, 0.25) is 0 Å². The average molecular weight is 327 g/mol. The van der Waals surface area contributed by atoms with Gasteiger partial charge in [-0.25, -0.2) is 4.79 Å². The van der Waals surface area contributed by atoms with E-state index in [-0.39, 0.29) is 11.6 Å². The number of carbonyl (C=O) groups is 1. The Labute approximate surface area is 140 Å². The number of nitrogens with zero attached hydrogens (tertiary/aromatic N) is 2. The summed E-state index contributed by atoms with van der Waals surface area (Å²) in [6, 6.07) is 9.63. The molecule has 2 aromatic rings. The van der Waals surface area contributed by atoms with Crippen molar-refractivity contribution >= 4 is 5.91 Å². The summed E-state index contributed by atoms with van der Waals surface area (Å²) in [6.07, 6.45) is 1.01. The molecule has 6 heteroatoms. The van der Waals surface area contributed by atoms with E-state index in [0.717, 1.165) is 23.4 Å². The maximum atomic E-state index is 12.3. The van der Waals surface area contributed by atoms with Gasteiger partial charge in [0.15, 0.2) is 6.10 Å². The van der Waals surface area contributed by atoms with E-state index in [1.807, 2.05) is 37.3 Å². The maximum Gasteiger partial charge on any atom is 0.348 e. The van der Waals surface area contributed by atoms with Crippen molar-refractivity contribution in [2.24, 2.45) is 0 Å². The first kappa shape index (κ1) is 16.2. The number of benzene rings is 1. The predicted molar refractivity (Wildman–Crippen MR) is 90.2 cm³/mol. The summed E-state index contributed by atoms with van der Waals surface area (Å²) in [5.41, 5.74) is 2.38. The number of aromatic nitrogens is 2. The minimum Gasteiger partial charge on any atom is -0.480 e. The van der Waals surface area contributed by atoms with Crippen LogP contribution in [-0.4, -0.2) is 28.1 Å². The van der Waals surface area contributed by atoms with Crippen LogP contribution in [0.15, 0.2) is 35.1 Å². The standard InChI is InChI=1S/C18H21N3O3/c1-12-11-13(2)21(18(23)20-12)10-9-19-17(22)16-8-7-14-5-3-4-6-15(14)24-16/h3-6,11,16H,7-10H2,1-2H3,(H,19,22)/t16-/m1/s1. The molecule has 1 atom stereocenters. The Hall–Kier alpha value is -2.63. The van der Waals surface area contributed by atoms with Crippen molar-refractivity contribution in [3.8, 4) is 5.75 Å². The third kappa shape index (κ3) is 3.48. The highest BCUT2D eigenvalue weighted by Gasteiger charge is 2.25. The Balaban J connectivity index is 1.56. The normalized spacial score (nSPS) is 16.2. The summed E-state index contributed by atoms with van der Waals surface area (Å²) >= 11 is 0. The number of rotatable bonds is 4. The number of nitrogens with one attached hydrogen (secondary N) is 1. The molecule has 0 bridgehead atoms.